The molecule has 2 aromatic carbocycles. The number of nitrogens with zero attached hydrogens (tertiary/aromatic N) is 3. The minimum Gasteiger partial charge on any atom is -0.348 e. The van der Waals surface area contributed by atoms with Gasteiger partial charge in [0.1, 0.15) is 29.4 Å². The van der Waals surface area contributed by atoms with Crippen LogP contribution in [0.15, 0.2) is 66.1 Å². The van der Waals surface area contributed by atoms with E-state index in [0.717, 1.165) is 17.3 Å². The summed E-state index contributed by atoms with van der Waals surface area (Å²) < 4.78 is 43.4. The third-order valence-corrected chi connectivity index (χ3v) is 6.93. The van der Waals surface area contributed by atoms with E-state index in [0.29, 0.717) is 5.75 Å². The first-order valence-corrected chi connectivity index (χ1v) is 12.7. The Morgan fingerprint density at radius 3 is 2.53 bits per heavy atom. The number of halogens is 1. The first kappa shape index (κ1) is 23.9. The van der Waals surface area contributed by atoms with E-state index in [1.807, 2.05) is 30.5 Å². The average molecular weight is 478 g/mol. The molecule has 2 N–H and O–H groups in total. The van der Waals surface area contributed by atoms with Gasteiger partial charge in [0.25, 0.3) is 0 Å². The molecule has 0 bridgehead atoms. The maximum Gasteiger partial charge on any atom is 0.244 e. The fraction of sp³-hybridized carbons (Fsp3) is 0.286. The quantitative estimate of drug-likeness (QED) is 0.465. The summed E-state index contributed by atoms with van der Waals surface area (Å²) in [6.45, 7) is 1.80. The van der Waals surface area contributed by atoms with Crippen molar-refractivity contribution in [1.29, 1.82) is 0 Å². The molecule has 0 aliphatic carbocycles. The van der Waals surface area contributed by atoms with Gasteiger partial charge in [-0.2, -0.15) is 21.6 Å². The number of nitrogens with one attached hydrogen (secondary N) is 2. The molecule has 1 heterocycles. The average Bonchev–Trinajstić information content (AvgIpc) is 3.31. The van der Waals surface area contributed by atoms with Gasteiger partial charge < -0.3 is 5.32 Å². The highest BCUT2D eigenvalue weighted by Gasteiger charge is 2.28. The SMILES string of the molecule is CSCCC(NS(=O)(=O)c1ccccc1F)C(=O)NC(C)c1ccc(-n2cncn2)cc1. The fourth-order valence-electron chi connectivity index (χ4n) is 3.05. The van der Waals surface area contributed by atoms with Gasteiger partial charge in [0, 0.05) is 0 Å². The molecule has 8 nitrogen and oxygen atoms in total. The van der Waals surface area contributed by atoms with Crippen LogP contribution < -0.4 is 10.0 Å². The minimum absolute atomic E-state index is 0.263. The van der Waals surface area contributed by atoms with Crippen molar-refractivity contribution in [2.24, 2.45) is 0 Å². The molecular formula is C21H24FN5O3S2. The lowest BCUT2D eigenvalue weighted by Gasteiger charge is -2.22. The van der Waals surface area contributed by atoms with Gasteiger partial charge in [-0.25, -0.2) is 22.5 Å². The van der Waals surface area contributed by atoms with Crippen LogP contribution in [0.4, 0.5) is 4.39 Å². The van der Waals surface area contributed by atoms with Crippen molar-refractivity contribution in [2.75, 3.05) is 12.0 Å². The summed E-state index contributed by atoms with van der Waals surface area (Å²) in [7, 11) is -4.21. The van der Waals surface area contributed by atoms with Crippen LogP contribution in [0.5, 0.6) is 0 Å². The van der Waals surface area contributed by atoms with Gasteiger partial charge in [-0.05, 0) is 55.2 Å². The van der Waals surface area contributed by atoms with Gasteiger partial charge in [-0.1, -0.05) is 24.3 Å². The van der Waals surface area contributed by atoms with Crippen molar-refractivity contribution in [3.8, 4) is 5.69 Å². The van der Waals surface area contributed by atoms with Crippen molar-refractivity contribution in [2.45, 2.75) is 30.3 Å². The monoisotopic (exact) mass is 477 g/mol. The molecule has 0 aliphatic heterocycles. The first-order valence-electron chi connectivity index (χ1n) is 9.83. The largest absolute Gasteiger partial charge is 0.348 e. The van der Waals surface area contributed by atoms with Gasteiger partial charge in [-0.3, -0.25) is 4.79 Å². The van der Waals surface area contributed by atoms with Gasteiger partial charge in [0.15, 0.2) is 0 Å². The Morgan fingerprint density at radius 2 is 1.91 bits per heavy atom. The second-order valence-electron chi connectivity index (χ2n) is 7.05. The third-order valence-electron chi connectivity index (χ3n) is 4.79. The van der Waals surface area contributed by atoms with E-state index in [-0.39, 0.29) is 12.5 Å². The normalized spacial score (nSPS) is 13.5. The van der Waals surface area contributed by atoms with E-state index in [1.54, 1.807) is 17.9 Å². The molecule has 2 atom stereocenters. The van der Waals surface area contributed by atoms with Crippen molar-refractivity contribution in [3.63, 3.8) is 0 Å². The molecule has 0 fully saturated rings. The van der Waals surface area contributed by atoms with E-state index < -0.39 is 32.7 Å². The van der Waals surface area contributed by atoms with Crippen molar-refractivity contribution in [1.82, 2.24) is 24.8 Å². The van der Waals surface area contributed by atoms with E-state index in [1.165, 1.54) is 36.3 Å². The lowest BCUT2D eigenvalue weighted by atomic mass is 10.1. The molecule has 11 heteroatoms. The molecule has 1 aromatic heterocycles. The molecule has 0 spiro atoms. The summed E-state index contributed by atoms with van der Waals surface area (Å²) in [6, 6.07) is 11.0. The number of carbonyl (C=O) groups is 1. The standard InChI is InChI=1S/C21H24FN5O3S2/c1-15(16-7-9-17(10-8-16)27-14-23-13-24-27)25-21(28)19(11-12-31-2)26-32(29,30)20-6-4-3-5-18(20)22/h3-10,13-15,19,26H,11-12H2,1-2H3,(H,25,28). The van der Waals surface area contributed by atoms with E-state index in [9.17, 15) is 17.6 Å². The van der Waals surface area contributed by atoms with E-state index in [2.05, 4.69) is 20.1 Å². The van der Waals surface area contributed by atoms with Crippen LogP contribution in [0.2, 0.25) is 0 Å². The molecule has 3 rings (SSSR count). The summed E-state index contributed by atoms with van der Waals surface area (Å²) in [5.41, 5.74) is 1.66. The molecule has 1 amide bonds. The Labute approximate surface area is 190 Å². The van der Waals surface area contributed by atoms with Crippen LogP contribution in [0.25, 0.3) is 5.69 Å². The van der Waals surface area contributed by atoms with Crippen LogP contribution in [-0.2, 0) is 14.8 Å². The molecule has 170 valence electrons. The number of thioether (sulfide) groups is 1. The molecule has 3 aromatic rings. The number of carbonyl (C=O) groups excluding carboxylic acids is 1. The van der Waals surface area contributed by atoms with Crippen LogP contribution in [-0.4, -0.2) is 47.1 Å². The van der Waals surface area contributed by atoms with Crippen LogP contribution in [0.3, 0.4) is 0 Å². The van der Waals surface area contributed by atoms with E-state index >= 15 is 0 Å². The Hall–Kier alpha value is -2.76. The third kappa shape index (κ3) is 5.93. The second kappa shape index (κ2) is 10.7. The smallest absolute Gasteiger partial charge is 0.244 e. The molecular weight excluding hydrogens is 453 g/mol. The maximum absolute atomic E-state index is 14.0. The van der Waals surface area contributed by atoms with Gasteiger partial charge in [0.2, 0.25) is 15.9 Å². The zero-order chi connectivity index (χ0) is 23.1. The zero-order valence-corrected chi connectivity index (χ0v) is 19.2. The van der Waals surface area contributed by atoms with Crippen LogP contribution in [0, 0.1) is 5.82 Å². The summed E-state index contributed by atoms with van der Waals surface area (Å²) in [4.78, 5) is 16.3. The molecule has 32 heavy (non-hydrogen) atoms. The molecule has 2 unspecified atom stereocenters. The van der Waals surface area contributed by atoms with Crippen molar-refractivity contribution >= 4 is 27.7 Å². The van der Waals surface area contributed by atoms with Crippen molar-refractivity contribution in [3.05, 3.63) is 72.6 Å². The Morgan fingerprint density at radius 1 is 1.19 bits per heavy atom. The predicted molar refractivity (Wildman–Crippen MR) is 121 cm³/mol. The number of hydrogen-bond acceptors (Lipinski definition) is 6. The van der Waals surface area contributed by atoms with Crippen molar-refractivity contribution < 1.29 is 17.6 Å². The number of benzene rings is 2. The second-order valence-corrected chi connectivity index (χ2v) is 9.72. The highest BCUT2D eigenvalue weighted by molar-refractivity contribution is 7.98. The van der Waals surface area contributed by atoms with Gasteiger partial charge in [0.05, 0.1) is 11.7 Å². The lowest BCUT2D eigenvalue weighted by molar-refractivity contribution is -0.123. The number of amides is 1. The number of rotatable bonds is 10. The molecule has 0 saturated heterocycles. The number of sulfonamides is 1. The summed E-state index contributed by atoms with van der Waals surface area (Å²) >= 11 is 1.49. The molecule has 0 radical (unpaired) electrons. The number of hydrogen-bond donors (Lipinski definition) is 2. The minimum atomic E-state index is -4.21. The summed E-state index contributed by atoms with van der Waals surface area (Å²) in [5, 5.41) is 6.91. The highest BCUT2D eigenvalue weighted by Crippen LogP contribution is 2.18. The van der Waals surface area contributed by atoms with Crippen LogP contribution >= 0.6 is 11.8 Å². The zero-order valence-electron chi connectivity index (χ0n) is 17.6. The fourth-order valence-corrected chi connectivity index (χ4v) is 4.83. The maximum atomic E-state index is 14.0. The lowest BCUT2D eigenvalue weighted by Crippen LogP contribution is -2.47. The van der Waals surface area contributed by atoms with Crippen LogP contribution in [0.1, 0.15) is 24.9 Å². The summed E-state index contributed by atoms with van der Waals surface area (Å²) in [5.74, 6) is -0.796. The van der Waals surface area contributed by atoms with Gasteiger partial charge >= 0.3 is 0 Å². The molecule has 0 saturated carbocycles. The summed E-state index contributed by atoms with van der Waals surface area (Å²) in [6.07, 6.45) is 5.14. The number of aromatic nitrogens is 3. The predicted octanol–water partition coefficient (Wildman–Crippen LogP) is 2.68. The topological polar surface area (TPSA) is 106 Å². The Balaban J connectivity index is 1.72. The molecule has 0 aliphatic rings. The highest BCUT2D eigenvalue weighted by atomic mass is 32.2. The van der Waals surface area contributed by atoms with E-state index in [4.69, 9.17) is 0 Å². The Kier molecular flexibility index (Phi) is 7.99. The van der Waals surface area contributed by atoms with Gasteiger partial charge in [-0.15, -0.1) is 0 Å². The first-order chi connectivity index (χ1) is 15.3. The Bertz CT molecular complexity index is 1140.